The minimum atomic E-state index is -3.26. The van der Waals surface area contributed by atoms with Crippen LogP contribution in [0, 0.1) is 5.92 Å². The number of rotatable bonds is 8. The van der Waals surface area contributed by atoms with Gasteiger partial charge in [0, 0.05) is 0 Å². The molecular formula is C15H26O6S. The Morgan fingerprint density at radius 1 is 1.18 bits per heavy atom. The van der Waals surface area contributed by atoms with Gasteiger partial charge in [0.1, 0.15) is 0 Å². The minimum absolute atomic E-state index is 0.152. The van der Waals surface area contributed by atoms with Crippen LogP contribution in [0.1, 0.15) is 52.4 Å². The van der Waals surface area contributed by atoms with Crippen LogP contribution in [0.3, 0.4) is 0 Å². The molecule has 1 saturated carbocycles. The summed E-state index contributed by atoms with van der Waals surface area (Å²) in [6, 6.07) is 0. The van der Waals surface area contributed by atoms with Crippen molar-refractivity contribution in [3.63, 3.8) is 0 Å². The summed E-state index contributed by atoms with van der Waals surface area (Å²) in [5, 5.41) is -0.327. The molecular weight excluding hydrogens is 308 g/mol. The molecule has 0 heterocycles. The van der Waals surface area contributed by atoms with Crippen LogP contribution < -0.4 is 0 Å². The summed E-state index contributed by atoms with van der Waals surface area (Å²) in [6.07, 6.45) is 2.37. The first-order valence-electron chi connectivity index (χ1n) is 7.75. The molecule has 0 spiro atoms. The maximum absolute atomic E-state index is 12.1. The van der Waals surface area contributed by atoms with E-state index < -0.39 is 27.9 Å². The fourth-order valence-electron chi connectivity index (χ4n) is 2.61. The van der Waals surface area contributed by atoms with Crippen molar-refractivity contribution in [3.8, 4) is 0 Å². The van der Waals surface area contributed by atoms with Crippen LogP contribution in [0.5, 0.6) is 0 Å². The largest absolute Gasteiger partial charge is 0.466 e. The Kier molecular flexibility index (Phi) is 7.32. The number of carbonyl (C=O) groups is 2. The zero-order valence-corrected chi connectivity index (χ0v) is 14.4. The number of hydrogen-bond acceptors (Lipinski definition) is 6. The minimum Gasteiger partial charge on any atom is -0.466 e. The van der Waals surface area contributed by atoms with Crippen molar-refractivity contribution in [2.45, 2.75) is 63.7 Å². The molecule has 0 bridgehead atoms. The highest BCUT2D eigenvalue weighted by atomic mass is 32.2. The molecule has 0 amide bonds. The van der Waals surface area contributed by atoms with Gasteiger partial charge < -0.3 is 9.47 Å². The van der Waals surface area contributed by atoms with E-state index >= 15 is 0 Å². The number of ether oxygens (including phenoxy) is 2. The summed E-state index contributed by atoms with van der Waals surface area (Å²) in [4.78, 5) is 23.4. The van der Waals surface area contributed by atoms with E-state index in [0.29, 0.717) is 19.3 Å². The molecule has 0 unspecified atom stereocenters. The van der Waals surface area contributed by atoms with Crippen molar-refractivity contribution < 1.29 is 27.5 Å². The van der Waals surface area contributed by atoms with Gasteiger partial charge in [-0.05, 0) is 25.2 Å². The lowest BCUT2D eigenvalue weighted by Crippen LogP contribution is -2.31. The molecule has 1 aliphatic carbocycles. The van der Waals surface area contributed by atoms with Gasteiger partial charge in [-0.25, -0.2) is 13.2 Å². The van der Waals surface area contributed by atoms with Crippen LogP contribution in [0.4, 0.5) is 0 Å². The molecule has 0 aromatic heterocycles. The standard InChI is InChI=1S/C15H26O6S/c1-11(2)10-13(15(17)20-3)21-14(16)8-9-22(18,19)12-6-4-5-7-12/h11-13H,4-10H2,1-3H3/t13-/m0/s1. The molecule has 128 valence electrons. The van der Waals surface area contributed by atoms with Gasteiger partial charge in [-0.15, -0.1) is 0 Å². The van der Waals surface area contributed by atoms with E-state index in [1.165, 1.54) is 7.11 Å². The third-order valence-corrected chi connectivity index (χ3v) is 6.08. The topological polar surface area (TPSA) is 86.7 Å². The van der Waals surface area contributed by atoms with Gasteiger partial charge in [-0.3, -0.25) is 4.79 Å². The molecule has 0 N–H and O–H groups in total. The Bertz CT molecular complexity index is 476. The molecule has 1 aliphatic rings. The highest BCUT2D eigenvalue weighted by Gasteiger charge is 2.30. The highest BCUT2D eigenvalue weighted by molar-refractivity contribution is 7.92. The van der Waals surface area contributed by atoms with Crippen LogP contribution >= 0.6 is 0 Å². The number of esters is 2. The molecule has 0 saturated heterocycles. The molecule has 0 radical (unpaired) electrons. The Morgan fingerprint density at radius 3 is 2.27 bits per heavy atom. The first-order valence-corrected chi connectivity index (χ1v) is 9.46. The molecule has 0 aliphatic heterocycles. The maximum atomic E-state index is 12.1. The predicted octanol–water partition coefficient (Wildman–Crippen LogP) is 1.86. The van der Waals surface area contributed by atoms with E-state index in [0.717, 1.165) is 12.8 Å². The predicted molar refractivity (Wildman–Crippen MR) is 82.0 cm³/mol. The summed E-state index contributed by atoms with van der Waals surface area (Å²) < 4.78 is 33.9. The summed E-state index contributed by atoms with van der Waals surface area (Å²) >= 11 is 0. The number of hydrogen-bond donors (Lipinski definition) is 0. The average Bonchev–Trinajstić information content (AvgIpc) is 2.98. The van der Waals surface area contributed by atoms with Crippen molar-refractivity contribution in [2.75, 3.05) is 12.9 Å². The number of methoxy groups -OCH3 is 1. The van der Waals surface area contributed by atoms with Crippen molar-refractivity contribution >= 4 is 21.8 Å². The van der Waals surface area contributed by atoms with Gasteiger partial charge in [-0.1, -0.05) is 26.7 Å². The van der Waals surface area contributed by atoms with E-state index in [-0.39, 0.29) is 23.3 Å². The quantitative estimate of drug-likeness (QED) is 0.630. The SMILES string of the molecule is COC(=O)[C@H](CC(C)C)OC(=O)CCS(=O)(=O)C1CCCC1. The van der Waals surface area contributed by atoms with E-state index in [2.05, 4.69) is 4.74 Å². The average molecular weight is 334 g/mol. The second-order valence-corrected chi connectivity index (χ2v) is 8.56. The van der Waals surface area contributed by atoms with Gasteiger partial charge in [0.15, 0.2) is 15.9 Å². The molecule has 0 aromatic rings. The van der Waals surface area contributed by atoms with Gasteiger partial charge in [-0.2, -0.15) is 0 Å². The number of carbonyl (C=O) groups excluding carboxylic acids is 2. The maximum Gasteiger partial charge on any atom is 0.347 e. The van der Waals surface area contributed by atoms with Crippen LogP contribution in [-0.2, 0) is 28.9 Å². The third kappa shape index (κ3) is 5.94. The fraction of sp³-hybridized carbons (Fsp3) is 0.867. The van der Waals surface area contributed by atoms with E-state index in [1.54, 1.807) is 0 Å². The van der Waals surface area contributed by atoms with Crippen LogP contribution in [0.15, 0.2) is 0 Å². The molecule has 22 heavy (non-hydrogen) atoms. The zero-order chi connectivity index (χ0) is 16.8. The second-order valence-electron chi connectivity index (χ2n) is 6.15. The molecule has 0 aromatic carbocycles. The zero-order valence-electron chi connectivity index (χ0n) is 13.5. The Hall–Kier alpha value is -1.11. The van der Waals surface area contributed by atoms with Crippen molar-refractivity contribution in [1.82, 2.24) is 0 Å². The molecule has 6 nitrogen and oxygen atoms in total. The normalized spacial score (nSPS) is 17.5. The van der Waals surface area contributed by atoms with Crippen LogP contribution in [0.25, 0.3) is 0 Å². The van der Waals surface area contributed by atoms with Crippen molar-refractivity contribution in [2.24, 2.45) is 5.92 Å². The van der Waals surface area contributed by atoms with Crippen LogP contribution in [0.2, 0.25) is 0 Å². The summed E-state index contributed by atoms with van der Waals surface area (Å²) in [6.45, 7) is 3.79. The van der Waals surface area contributed by atoms with Crippen molar-refractivity contribution in [3.05, 3.63) is 0 Å². The second kappa shape index (κ2) is 8.50. The van der Waals surface area contributed by atoms with E-state index in [4.69, 9.17) is 4.74 Å². The van der Waals surface area contributed by atoms with Gasteiger partial charge in [0.2, 0.25) is 0 Å². The lowest BCUT2D eigenvalue weighted by molar-refractivity contribution is -0.166. The fourth-order valence-corrected chi connectivity index (χ4v) is 4.45. The van der Waals surface area contributed by atoms with Gasteiger partial charge in [0.25, 0.3) is 0 Å². The Morgan fingerprint density at radius 2 is 1.77 bits per heavy atom. The smallest absolute Gasteiger partial charge is 0.347 e. The summed E-state index contributed by atoms with van der Waals surface area (Å²) in [5.41, 5.74) is 0. The van der Waals surface area contributed by atoms with Crippen LogP contribution in [-0.4, -0.2) is 44.6 Å². The Labute approximate surface area is 132 Å². The molecule has 1 fully saturated rings. The molecule has 7 heteroatoms. The van der Waals surface area contributed by atoms with Gasteiger partial charge >= 0.3 is 11.9 Å². The summed E-state index contributed by atoms with van der Waals surface area (Å²) in [5.74, 6) is -1.34. The first-order chi connectivity index (χ1) is 10.3. The highest BCUT2D eigenvalue weighted by Crippen LogP contribution is 2.25. The van der Waals surface area contributed by atoms with Gasteiger partial charge in [0.05, 0.1) is 24.5 Å². The number of sulfone groups is 1. The first kappa shape index (κ1) is 18.9. The summed E-state index contributed by atoms with van der Waals surface area (Å²) in [7, 11) is -2.03. The lowest BCUT2D eigenvalue weighted by atomic mass is 10.1. The Balaban J connectivity index is 2.51. The van der Waals surface area contributed by atoms with E-state index in [9.17, 15) is 18.0 Å². The monoisotopic (exact) mass is 334 g/mol. The third-order valence-electron chi connectivity index (χ3n) is 3.82. The molecule has 1 atom stereocenters. The molecule has 1 rings (SSSR count). The lowest BCUT2D eigenvalue weighted by Gasteiger charge is -2.17. The van der Waals surface area contributed by atoms with E-state index in [1.807, 2.05) is 13.8 Å². The van der Waals surface area contributed by atoms with Crippen molar-refractivity contribution in [1.29, 1.82) is 0 Å².